The summed E-state index contributed by atoms with van der Waals surface area (Å²) >= 11 is 12.1. The lowest BCUT2D eigenvalue weighted by Crippen LogP contribution is -2.41. The highest BCUT2D eigenvalue weighted by Gasteiger charge is 2.59. The first kappa shape index (κ1) is 13.2. The largest absolute Gasteiger partial charge is 0.370 e. The van der Waals surface area contributed by atoms with E-state index in [1.807, 2.05) is 13.8 Å². The highest BCUT2D eigenvalue weighted by molar-refractivity contribution is 6.30. The molecule has 5 heteroatoms. The fraction of sp³-hybridized carbons (Fsp3) is 0.900. The van der Waals surface area contributed by atoms with Crippen molar-refractivity contribution in [3.63, 3.8) is 0 Å². The minimum Gasteiger partial charge on any atom is -0.247 e. The summed E-state index contributed by atoms with van der Waals surface area (Å²) in [5.74, 6) is -0.174. The average molecular weight is 254 g/mol. The van der Waals surface area contributed by atoms with Gasteiger partial charge in [0.1, 0.15) is 5.54 Å². The van der Waals surface area contributed by atoms with Gasteiger partial charge in [-0.1, -0.05) is 19.8 Å². The molecule has 3 nitrogen and oxygen atoms in total. The lowest BCUT2D eigenvalue weighted by molar-refractivity contribution is -0.633. The predicted molar refractivity (Wildman–Crippen MR) is 62.1 cm³/mol. The number of unbranched alkanes of at least 4 members (excludes halogenated alkanes) is 2. The topological polar surface area (TPSA) is 29.1 Å². The first-order valence-electron chi connectivity index (χ1n) is 5.43. The van der Waals surface area contributed by atoms with E-state index in [2.05, 4.69) is 12.2 Å². The Balaban J connectivity index is 2.63. The second-order valence-corrected chi connectivity index (χ2v) is 5.88. The van der Waals surface area contributed by atoms with Crippen molar-refractivity contribution in [2.75, 3.05) is 0 Å². The Bertz CT molecular complexity index is 254. The van der Waals surface area contributed by atoms with Gasteiger partial charge in [0.15, 0.2) is 29.7 Å². The fourth-order valence-corrected chi connectivity index (χ4v) is 2.61. The molecule has 1 amide bonds. The summed E-state index contributed by atoms with van der Waals surface area (Å²) in [5.41, 5.74) is -0.625. The van der Waals surface area contributed by atoms with Crippen LogP contribution in [0.3, 0.4) is 0 Å². The van der Waals surface area contributed by atoms with E-state index in [0.29, 0.717) is 0 Å². The van der Waals surface area contributed by atoms with Gasteiger partial charge in [-0.05, 0) is 23.8 Å². The van der Waals surface area contributed by atoms with Gasteiger partial charge in [-0.3, -0.25) is 0 Å². The number of carbonyl (C=O) groups excluding carboxylic acids is 1. The van der Waals surface area contributed by atoms with Crippen LogP contribution in [0.4, 0.5) is 0 Å². The van der Waals surface area contributed by atoms with Gasteiger partial charge in [-0.2, -0.15) is 0 Å². The summed E-state index contributed by atoms with van der Waals surface area (Å²) in [6.07, 6.45) is 3.98. The Morgan fingerprint density at radius 2 is 2.00 bits per heavy atom. The van der Waals surface area contributed by atoms with Gasteiger partial charge in [0, 0.05) is 6.42 Å². The Kier molecular flexibility index (Phi) is 4.04. The molecule has 88 valence electrons. The van der Waals surface area contributed by atoms with Crippen molar-refractivity contribution in [3.8, 4) is 0 Å². The third kappa shape index (κ3) is 2.64. The Labute approximate surface area is 102 Å². The summed E-state index contributed by atoms with van der Waals surface area (Å²) < 4.78 is -0.573. The standard InChI is InChI=1S/C10H19Cl2N2O/c1-4-5-6-7-8-13-10(2,3)9(15)14(8,11)12/h8,13H,4-7H2,1-3H3/q+1. The van der Waals surface area contributed by atoms with E-state index >= 15 is 0 Å². The molecule has 1 atom stereocenters. The monoisotopic (exact) mass is 253 g/mol. The van der Waals surface area contributed by atoms with Gasteiger partial charge in [-0.25, -0.2) is 10.1 Å². The zero-order valence-corrected chi connectivity index (χ0v) is 11.0. The van der Waals surface area contributed by atoms with Crippen LogP contribution in [0.15, 0.2) is 0 Å². The Morgan fingerprint density at radius 1 is 1.40 bits per heavy atom. The van der Waals surface area contributed by atoms with E-state index in [0.717, 1.165) is 25.7 Å². The van der Waals surface area contributed by atoms with Gasteiger partial charge in [0.05, 0.1) is 0 Å². The molecule has 0 aliphatic carbocycles. The molecular weight excluding hydrogens is 235 g/mol. The van der Waals surface area contributed by atoms with Crippen LogP contribution in [-0.2, 0) is 4.79 Å². The van der Waals surface area contributed by atoms with E-state index in [4.69, 9.17) is 23.6 Å². The van der Waals surface area contributed by atoms with E-state index in [1.165, 1.54) is 0 Å². The second-order valence-electron chi connectivity index (χ2n) is 4.64. The molecule has 1 N–H and O–H groups in total. The van der Waals surface area contributed by atoms with Gasteiger partial charge in [-0.15, -0.1) is 0 Å². The minimum absolute atomic E-state index is 0.174. The number of halogens is 2. The van der Waals surface area contributed by atoms with Crippen molar-refractivity contribution < 1.29 is 8.32 Å². The average Bonchev–Trinajstić information content (AvgIpc) is 2.28. The molecular formula is C10H19Cl2N2O+. The van der Waals surface area contributed by atoms with Crippen molar-refractivity contribution in [2.45, 2.75) is 58.2 Å². The van der Waals surface area contributed by atoms with Crippen LogP contribution in [0.25, 0.3) is 0 Å². The zero-order valence-electron chi connectivity index (χ0n) is 9.52. The van der Waals surface area contributed by atoms with Crippen molar-refractivity contribution >= 4 is 29.5 Å². The molecule has 1 saturated heterocycles. The molecule has 0 bridgehead atoms. The molecule has 1 fully saturated rings. The lowest BCUT2D eigenvalue weighted by atomic mass is 10.1. The molecule has 0 saturated carbocycles. The second kappa shape index (κ2) is 4.58. The van der Waals surface area contributed by atoms with Gasteiger partial charge < -0.3 is 0 Å². The highest BCUT2D eigenvalue weighted by Crippen LogP contribution is 2.36. The normalized spacial score (nSPS) is 28.3. The molecule has 0 spiro atoms. The zero-order chi connectivity index (χ0) is 11.7. The van der Waals surface area contributed by atoms with Gasteiger partial charge in [0.2, 0.25) is 0 Å². The van der Waals surface area contributed by atoms with E-state index in [9.17, 15) is 4.79 Å². The number of hydrogen-bond acceptors (Lipinski definition) is 2. The SMILES string of the molecule is CCCCCC1NC(C)(C)C(=O)[N+]1(Cl)Cl. The molecule has 1 unspecified atom stereocenters. The smallest absolute Gasteiger partial charge is 0.247 e. The Morgan fingerprint density at radius 3 is 2.40 bits per heavy atom. The summed E-state index contributed by atoms with van der Waals surface area (Å²) in [4.78, 5) is 11.8. The van der Waals surface area contributed by atoms with Crippen LogP contribution < -0.4 is 5.32 Å². The number of rotatable bonds is 4. The van der Waals surface area contributed by atoms with Gasteiger partial charge >= 0.3 is 5.91 Å². The maximum Gasteiger partial charge on any atom is 0.370 e. The maximum atomic E-state index is 11.8. The fourth-order valence-electron chi connectivity index (χ4n) is 1.90. The van der Waals surface area contributed by atoms with E-state index < -0.39 is 9.06 Å². The lowest BCUT2D eigenvalue weighted by Gasteiger charge is -2.17. The van der Waals surface area contributed by atoms with Crippen molar-refractivity contribution in [2.24, 2.45) is 0 Å². The van der Waals surface area contributed by atoms with Crippen LogP contribution in [0.5, 0.6) is 0 Å². The number of quaternary nitrogens is 1. The molecule has 1 aliphatic heterocycles. The summed E-state index contributed by atoms with van der Waals surface area (Å²) in [6.45, 7) is 5.76. The quantitative estimate of drug-likeness (QED) is 0.617. The van der Waals surface area contributed by atoms with Crippen molar-refractivity contribution in [1.29, 1.82) is 0 Å². The number of carbonyl (C=O) groups is 1. The molecule has 0 radical (unpaired) electrons. The van der Waals surface area contributed by atoms with Crippen LogP contribution >= 0.6 is 23.6 Å². The molecule has 1 heterocycles. The molecule has 15 heavy (non-hydrogen) atoms. The molecule has 0 aromatic heterocycles. The Hall–Kier alpha value is 0.170. The van der Waals surface area contributed by atoms with Gasteiger partial charge in [0.25, 0.3) is 0 Å². The maximum absolute atomic E-state index is 11.8. The first-order valence-corrected chi connectivity index (χ1v) is 6.10. The summed E-state index contributed by atoms with van der Waals surface area (Å²) in [7, 11) is 0. The summed E-state index contributed by atoms with van der Waals surface area (Å²) in [6, 6.07) is 0. The third-order valence-corrected chi connectivity index (χ3v) is 3.58. The van der Waals surface area contributed by atoms with E-state index in [-0.39, 0.29) is 12.1 Å². The van der Waals surface area contributed by atoms with Crippen molar-refractivity contribution in [3.05, 3.63) is 0 Å². The van der Waals surface area contributed by atoms with Crippen LogP contribution in [-0.4, -0.2) is 21.1 Å². The van der Waals surface area contributed by atoms with Crippen molar-refractivity contribution in [1.82, 2.24) is 5.32 Å². The minimum atomic E-state index is -0.625. The first-order chi connectivity index (χ1) is 6.82. The molecule has 0 aromatic carbocycles. The van der Waals surface area contributed by atoms with Crippen LogP contribution in [0.2, 0.25) is 0 Å². The number of nitrogens with one attached hydrogen (secondary N) is 1. The summed E-state index contributed by atoms with van der Waals surface area (Å²) in [5, 5.41) is 3.19. The van der Waals surface area contributed by atoms with Crippen LogP contribution in [0.1, 0.15) is 46.5 Å². The third-order valence-electron chi connectivity index (χ3n) is 2.81. The highest BCUT2D eigenvalue weighted by atomic mass is 35.5. The number of hydrogen-bond donors (Lipinski definition) is 1. The predicted octanol–water partition coefficient (Wildman–Crippen LogP) is 2.93. The molecule has 0 aromatic rings. The number of nitrogens with zero attached hydrogens (tertiary/aromatic N) is 1. The van der Waals surface area contributed by atoms with E-state index in [1.54, 1.807) is 0 Å². The molecule has 1 rings (SSSR count). The number of amides is 1. The van der Waals surface area contributed by atoms with Crippen LogP contribution in [0, 0.1) is 0 Å². The molecule has 1 aliphatic rings.